The number of amides is 1. The number of halogens is 3. The molecular weight excluding hydrogens is 347 g/mol. The van der Waals surface area contributed by atoms with Crippen LogP contribution >= 0.6 is 0 Å². The molecule has 1 aliphatic carbocycles. The van der Waals surface area contributed by atoms with E-state index in [1.165, 1.54) is 18.2 Å². The maximum absolute atomic E-state index is 12.8. The molecule has 2 atom stereocenters. The fourth-order valence-electron chi connectivity index (χ4n) is 4.21. The Morgan fingerprint density at radius 2 is 2.12 bits per heavy atom. The Kier molecular flexibility index (Phi) is 3.98. The molecule has 0 spiro atoms. The van der Waals surface area contributed by atoms with Crippen LogP contribution in [-0.2, 0) is 6.18 Å². The zero-order valence-corrected chi connectivity index (χ0v) is 14.1. The molecule has 2 N–H and O–H groups in total. The number of nitrogens with zero attached hydrogens (tertiary/aromatic N) is 2. The highest BCUT2D eigenvalue weighted by Gasteiger charge is 2.43. The number of fused-ring (bicyclic) bond motifs is 2. The summed E-state index contributed by atoms with van der Waals surface area (Å²) in [5, 5.41) is 10.7. The van der Waals surface area contributed by atoms with Crippen molar-refractivity contribution in [2.45, 2.75) is 43.9 Å². The van der Waals surface area contributed by atoms with E-state index in [1.54, 1.807) is 4.90 Å². The first-order chi connectivity index (χ1) is 12.3. The van der Waals surface area contributed by atoms with Crippen LogP contribution in [0.2, 0.25) is 0 Å². The van der Waals surface area contributed by atoms with Gasteiger partial charge in [-0.15, -0.1) is 0 Å². The summed E-state index contributed by atoms with van der Waals surface area (Å²) in [5.41, 5.74) is 0.0175. The van der Waals surface area contributed by atoms with Crippen molar-refractivity contribution in [1.29, 1.82) is 0 Å². The van der Waals surface area contributed by atoms with Gasteiger partial charge < -0.3 is 15.0 Å². The topological polar surface area (TPSA) is 69.2 Å². The molecule has 2 aromatic rings. The number of imidazole rings is 1. The summed E-state index contributed by atoms with van der Waals surface area (Å²) in [6, 6.07) is 4.35. The number of piperidine rings is 1. The van der Waals surface area contributed by atoms with Crippen molar-refractivity contribution < 1.29 is 23.1 Å². The van der Waals surface area contributed by atoms with Gasteiger partial charge in [-0.2, -0.15) is 13.2 Å². The summed E-state index contributed by atoms with van der Waals surface area (Å²) < 4.78 is 38.3. The number of carbonyl (C=O) groups is 1. The largest absolute Gasteiger partial charge is 0.449 e. The molecule has 1 aromatic heterocycles. The zero-order valence-electron chi connectivity index (χ0n) is 14.1. The molecule has 4 rings (SSSR count). The lowest BCUT2D eigenvalue weighted by Crippen LogP contribution is -2.54. The summed E-state index contributed by atoms with van der Waals surface area (Å²) in [4.78, 5) is 20.3. The Labute approximate surface area is 148 Å². The number of rotatable bonds is 1. The molecule has 1 saturated heterocycles. The van der Waals surface area contributed by atoms with Gasteiger partial charge in [0.15, 0.2) is 0 Å². The van der Waals surface area contributed by atoms with Gasteiger partial charge in [0.2, 0.25) is 5.82 Å². The number of benzene rings is 1. The predicted octanol–water partition coefficient (Wildman–Crippen LogP) is 3.35. The standard InChI is InChI=1S/C18H20F3N3O2/c19-18(20,21)16-22-13-5-4-11(9-14(13)23-16)15(25)24-8-7-17(26)6-2-1-3-12(17)10-24/h4-5,9,12,26H,1-3,6-8,10H2,(H,22,23)/t12-,17-/m0/s1. The van der Waals surface area contributed by atoms with Gasteiger partial charge in [0.25, 0.3) is 5.91 Å². The fourth-order valence-corrected chi connectivity index (χ4v) is 4.21. The zero-order chi connectivity index (χ0) is 18.5. The number of hydrogen-bond donors (Lipinski definition) is 2. The lowest BCUT2D eigenvalue weighted by Gasteiger charge is -2.47. The van der Waals surface area contributed by atoms with Crippen LogP contribution in [-0.4, -0.2) is 44.6 Å². The minimum absolute atomic E-state index is 0.0710. The molecule has 1 saturated carbocycles. The van der Waals surface area contributed by atoms with Crippen LogP contribution in [0.5, 0.6) is 0 Å². The Morgan fingerprint density at radius 1 is 1.31 bits per heavy atom. The molecule has 0 radical (unpaired) electrons. The normalized spacial score (nSPS) is 26.8. The maximum Gasteiger partial charge on any atom is 0.449 e. The number of aromatic amines is 1. The highest BCUT2D eigenvalue weighted by molar-refractivity contribution is 5.97. The van der Waals surface area contributed by atoms with Crippen LogP contribution in [0.1, 0.15) is 48.3 Å². The third-order valence-corrected chi connectivity index (χ3v) is 5.71. The summed E-state index contributed by atoms with van der Waals surface area (Å²) in [5.74, 6) is -1.22. The number of aliphatic hydroxyl groups is 1. The monoisotopic (exact) mass is 367 g/mol. The second-order valence-corrected chi connectivity index (χ2v) is 7.36. The molecule has 2 fully saturated rings. The van der Waals surface area contributed by atoms with E-state index in [4.69, 9.17) is 0 Å². The number of aromatic nitrogens is 2. The molecular formula is C18H20F3N3O2. The van der Waals surface area contributed by atoms with Crippen molar-refractivity contribution in [1.82, 2.24) is 14.9 Å². The average Bonchev–Trinajstić information content (AvgIpc) is 3.04. The van der Waals surface area contributed by atoms with E-state index in [-0.39, 0.29) is 22.9 Å². The first-order valence-corrected chi connectivity index (χ1v) is 8.85. The smallest absolute Gasteiger partial charge is 0.389 e. The highest BCUT2D eigenvalue weighted by Crippen LogP contribution is 2.40. The van der Waals surface area contributed by atoms with Crippen molar-refractivity contribution in [3.05, 3.63) is 29.6 Å². The minimum Gasteiger partial charge on any atom is -0.389 e. The SMILES string of the molecule is O=C(c1ccc2nc(C(F)(F)F)[nH]c2c1)N1CC[C@@]2(O)CCCC[C@H]2C1. The summed E-state index contributed by atoms with van der Waals surface area (Å²) in [7, 11) is 0. The Hall–Kier alpha value is -2.09. The average molecular weight is 367 g/mol. The molecule has 2 aliphatic rings. The van der Waals surface area contributed by atoms with Crippen LogP contribution in [0.25, 0.3) is 11.0 Å². The number of H-pyrrole nitrogens is 1. The van der Waals surface area contributed by atoms with Crippen molar-refractivity contribution in [2.75, 3.05) is 13.1 Å². The van der Waals surface area contributed by atoms with Crippen molar-refractivity contribution >= 4 is 16.9 Å². The van der Waals surface area contributed by atoms with Gasteiger partial charge in [-0.25, -0.2) is 4.98 Å². The third kappa shape index (κ3) is 2.96. The predicted molar refractivity (Wildman–Crippen MR) is 88.5 cm³/mol. The van der Waals surface area contributed by atoms with Crippen molar-refractivity contribution in [3.8, 4) is 0 Å². The van der Waals surface area contributed by atoms with E-state index < -0.39 is 17.6 Å². The number of nitrogens with one attached hydrogen (secondary N) is 1. The van der Waals surface area contributed by atoms with E-state index in [0.717, 1.165) is 25.7 Å². The highest BCUT2D eigenvalue weighted by atomic mass is 19.4. The molecule has 26 heavy (non-hydrogen) atoms. The Balaban J connectivity index is 1.56. The Morgan fingerprint density at radius 3 is 2.88 bits per heavy atom. The quantitative estimate of drug-likeness (QED) is 0.812. The van der Waals surface area contributed by atoms with Crippen LogP contribution in [0.4, 0.5) is 13.2 Å². The third-order valence-electron chi connectivity index (χ3n) is 5.71. The van der Waals surface area contributed by atoms with Gasteiger partial charge in [-0.3, -0.25) is 4.79 Å². The van der Waals surface area contributed by atoms with E-state index in [0.29, 0.717) is 25.1 Å². The molecule has 1 aromatic carbocycles. The lowest BCUT2D eigenvalue weighted by molar-refractivity contribution is -0.144. The van der Waals surface area contributed by atoms with Gasteiger partial charge in [0, 0.05) is 24.6 Å². The number of carbonyl (C=O) groups excluding carboxylic acids is 1. The minimum atomic E-state index is -4.55. The van der Waals surface area contributed by atoms with Crippen LogP contribution < -0.4 is 0 Å². The van der Waals surface area contributed by atoms with E-state index in [9.17, 15) is 23.1 Å². The first-order valence-electron chi connectivity index (χ1n) is 8.85. The van der Waals surface area contributed by atoms with Crippen LogP contribution in [0.15, 0.2) is 18.2 Å². The van der Waals surface area contributed by atoms with Gasteiger partial charge in [-0.1, -0.05) is 12.8 Å². The molecule has 0 unspecified atom stereocenters. The summed E-state index contributed by atoms with van der Waals surface area (Å²) >= 11 is 0. The van der Waals surface area contributed by atoms with Crippen LogP contribution in [0, 0.1) is 5.92 Å². The second kappa shape index (κ2) is 5.97. The summed E-state index contributed by atoms with van der Waals surface area (Å²) in [6.07, 6.45) is -0.265. The van der Waals surface area contributed by atoms with Crippen LogP contribution in [0.3, 0.4) is 0 Å². The fraction of sp³-hybridized carbons (Fsp3) is 0.556. The number of likely N-dealkylation sites (tertiary alicyclic amines) is 1. The van der Waals surface area contributed by atoms with Crippen molar-refractivity contribution in [3.63, 3.8) is 0 Å². The van der Waals surface area contributed by atoms with Gasteiger partial charge in [0.1, 0.15) is 0 Å². The molecule has 1 aliphatic heterocycles. The second-order valence-electron chi connectivity index (χ2n) is 7.36. The number of hydrogen-bond acceptors (Lipinski definition) is 3. The lowest BCUT2D eigenvalue weighted by atomic mass is 9.71. The molecule has 8 heteroatoms. The molecule has 0 bridgehead atoms. The van der Waals surface area contributed by atoms with Gasteiger partial charge in [-0.05, 0) is 37.5 Å². The maximum atomic E-state index is 12.8. The van der Waals surface area contributed by atoms with E-state index in [1.807, 2.05) is 0 Å². The van der Waals surface area contributed by atoms with E-state index in [2.05, 4.69) is 9.97 Å². The Bertz CT molecular complexity index is 848. The molecule has 2 heterocycles. The molecule has 140 valence electrons. The van der Waals surface area contributed by atoms with Gasteiger partial charge >= 0.3 is 6.18 Å². The van der Waals surface area contributed by atoms with E-state index >= 15 is 0 Å². The summed E-state index contributed by atoms with van der Waals surface area (Å²) in [6.45, 7) is 0.949. The molecule has 5 nitrogen and oxygen atoms in total. The first kappa shape index (κ1) is 17.3. The van der Waals surface area contributed by atoms with Crippen molar-refractivity contribution in [2.24, 2.45) is 5.92 Å². The molecule has 1 amide bonds. The number of alkyl halides is 3. The van der Waals surface area contributed by atoms with Gasteiger partial charge in [0.05, 0.1) is 16.6 Å².